The van der Waals surface area contributed by atoms with Crippen LogP contribution >= 0.6 is 11.3 Å². The number of hydrogen-bond donors (Lipinski definition) is 1. The van der Waals surface area contributed by atoms with Crippen molar-refractivity contribution in [1.29, 1.82) is 0 Å². The lowest BCUT2D eigenvalue weighted by atomic mass is 10.1. The molecule has 0 spiro atoms. The van der Waals surface area contributed by atoms with Crippen molar-refractivity contribution >= 4 is 16.3 Å². The molecule has 3 heteroatoms. The number of aromatic nitrogens is 1. The van der Waals surface area contributed by atoms with Gasteiger partial charge in [-0.15, -0.1) is 0 Å². The van der Waals surface area contributed by atoms with E-state index in [1.54, 1.807) is 11.3 Å². The van der Waals surface area contributed by atoms with Crippen LogP contribution in [-0.2, 0) is 6.42 Å². The second kappa shape index (κ2) is 4.66. The summed E-state index contributed by atoms with van der Waals surface area (Å²) in [7, 11) is 1.93. The van der Waals surface area contributed by atoms with Crippen LogP contribution in [0.3, 0.4) is 0 Å². The van der Waals surface area contributed by atoms with Gasteiger partial charge in [0, 0.05) is 12.6 Å². The minimum atomic E-state index is 1.07. The quantitative estimate of drug-likeness (QED) is 0.872. The Morgan fingerprint density at radius 2 is 1.94 bits per heavy atom. The molecule has 1 N–H and O–H groups in total. The van der Waals surface area contributed by atoms with Gasteiger partial charge < -0.3 is 5.32 Å². The Morgan fingerprint density at radius 3 is 2.44 bits per heavy atom. The monoisotopic (exact) mass is 232 g/mol. The third kappa shape index (κ3) is 2.09. The molecule has 0 bridgehead atoms. The summed E-state index contributed by atoms with van der Waals surface area (Å²) in [6.45, 7) is 4.20. The van der Waals surface area contributed by atoms with Crippen molar-refractivity contribution in [2.45, 2.75) is 20.3 Å². The predicted molar refractivity (Wildman–Crippen MR) is 71.2 cm³/mol. The lowest BCUT2D eigenvalue weighted by molar-refractivity contribution is 1.14. The van der Waals surface area contributed by atoms with Crippen LogP contribution < -0.4 is 5.32 Å². The third-order valence-corrected chi connectivity index (χ3v) is 3.86. The van der Waals surface area contributed by atoms with Gasteiger partial charge in [0.2, 0.25) is 0 Å². The Hall–Kier alpha value is -1.35. The molecule has 2 aromatic rings. The largest absolute Gasteiger partial charge is 0.378 e. The molecule has 0 aliphatic heterocycles. The van der Waals surface area contributed by atoms with E-state index >= 15 is 0 Å². The van der Waals surface area contributed by atoms with Crippen molar-refractivity contribution in [3.8, 4) is 10.6 Å². The maximum absolute atomic E-state index is 4.56. The fraction of sp³-hybridized carbons (Fsp3) is 0.308. The van der Waals surface area contributed by atoms with Gasteiger partial charge in [-0.1, -0.05) is 42.5 Å². The molecule has 1 aromatic heterocycles. The summed E-state index contributed by atoms with van der Waals surface area (Å²) in [4.78, 5) is 4.56. The van der Waals surface area contributed by atoms with E-state index in [-0.39, 0.29) is 0 Å². The van der Waals surface area contributed by atoms with Crippen LogP contribution in [0, 0.1) is 6.92 Å². The van der Waals surface area contributed by atoms with Crippen LogP contribution in [0.1, 0.15) is 18.2 Å². The Bertz CT molecular complexity index is 471. The van der Waals surface area contributed by atoms with E-state index in [1.165, 1.54) is 11.1 Å². The molecule has 84 valence electrons. The zero-order valence-electron chi connectivity index (χ0n) is 9.87. The van der Waals surface area contributed by atoms with Crippen molar-refractivity contribution < 1.29 is 0 Å². The van der Waals surface area contributed by atoms with Crippen LogP contribution in [0.5, 0.6) is 0 Å². The van der Waals surface area contributed by atoms with Crippen LogP contribution in [-0.4, -0.2) is 12.0 Å². The lowest BCUT2D eigenvalue weighted by Gasteiger charge is -1.98. The second-order valence-electron chi connectivity index (χ2n) is 3.73. The van der Waals surface area contributed by atoms with Gasteiger partial charge in [-0.05, 0) is 18.9 Å². The number of aryl methyl sites for hydroxylation is 2. The van der Waals surface area contributed by atoms with Gasteiger partial charge in [-0.3, -0.25) is 0 Å². The summed E-state index contributed by atoms with van der Waals surface area (Å²) in [5, 5.41) is 5.40. The molecule has 2 rings (SSSR count). The Balaban J connectivity index is 2.34. The average Bonchev–Trinajstić information content (AvgIpc) is 2.71. The van der Waals surface area contributed by atoms with Crippen LogP contribution in [0.25, 0.3) is 10.6 Å². The minimum Gasteiger partial charge on any atom is -0.378 e. The first kappa shape index (κ1) is 11.1. The van der Waals surface area contributed by atoms with Gasteiger partial charge in [0.1, 0.15) is 10.0 Å². The molecule has 2 nitrogen and oxygen atoms in total. The van der Waals surface area contributed by atoms with Gasteiger partial charge in [0.05, 0.1) is 5.69 Å². The maximum atomic E-state index is 4.56. The number of anilines is 1. The molecule has 0 saturated carbocycles. The molecule has 0 atom stereocenters. The first-order valence-corrected chi connectivity index (χ1v) is 6.30. The number of nitrogens with one attached hydrogen (secondary N) is 1. The lowest BCUT2D eigenvalue weighted by Crippen LogP contribution is -1.85. The van der Waals surface area contributed by atoms with Crippen molar-refractivity contribution in [1.82, 2.24) is 4.98 Å². The number of hydrogen-bond acceptors (Lipinski definition) is 3. The first-order valence-electron chi connectivity index (χ1n) is 5.49. The minimum absolute atomic E-state index is 1.07. The molecule has 0 fully saturated rings. The highest BCUT2D eigenvalue weighted by atomic mass is 32.1. The SMILES string of the molecule is CCc1ccc(-c2nc(C)c(NC)s2)cc1. The fourth-order valence-corrected chi connectivity index (χ4v) is 2.56. The maximum Gasteiger partial charge on any atom is 0.125 e. The summed E-state index contributed by atoms with van der Waals surface area (Å²) >= 11 is 1.70. The molecule has 0 amide bonds. The van der Waals surface area contributed by atoms with Gasteiger partial charge >= 0.3 is 0 Å². The Kier molecular flexibility index (Phi) is 3.25. The molecule has 16 heavy (non-hydrogen) atoms. The van der Waals surface area contributed by atoms with E-state index in [1.807, 2.05) is 14.0 Å². The molecule has 1 heterocycles. The van der Waals surface area contributed by atoms with E-state index in [2.05, 4.69) is 41.5 Å². The first-order chi connectivity index (χ1) is 7.74. The van der Waals surface area contributed by atoms with Gasteiger partial charge in [0.25, 0.3) is 0 Å². The van der Waals surface area contributed by atoms with Crippen molar-refractivity contribution in [3.05, 3.63) is 35.5 Å². The van der Waals surface area contributed by atoms with Crippen LogP contribution in [0.15, 0.2) is 24.3 Å². The van der Waals surface area contributed by atoms with E-state index in [0.717, 1.165) is 22.1 Å². The molecule has 0 radical (unpaired) electrons. The third-order valence-electron chi connectivity index (χ3n) is 2.63. The molecule has 0 aliphatic carbocycles. The van der Waals surface area contributed by atoms with E-state index in [0.29, 0.717) is 0 Å². The summed E-state index contributed by atoms with van der Waals surface area (Å²) in [5.74, 6) is 0. The second-order valence-corrected chi connectivity index (χ2v) is 4.73. The van der Waals surface area contributed by atoms with Crippen molar-refractivity contribution in [2.75, 3.05) is 12.4 Å². The van der Waals surface area contributed by atoms with E-state index in [9.17, 15) is 0 Å². The van der Waals surface area contributed by atoms with Crippen LogP contribution in [0.2, 0.25) is 0 Å². The number of rotatable bonds is 3. The molecule has 0 unspecified atom stereocenters. The molecule has 0 aliphatic rings. The Morgan fingerprint density at radius 1 is 1.25 bits per heavy atom. The average molecular weight is 232 g/mol. The van der Waals surface area contributed by atoms with Crippen molar-refractivity contribution in [2.24, 2.45) is 0 Å². The molecule has 1 aromatic carbocycles. The van der Waals surface area contributed by atoms with E-state index < -0.39 is 0 Å². The zero-order chi connectivity index (χ0) is 11.5. The molecule has 0 saturated heterocycles. The standard InChI is InChI=1S/C13H16N2S/c1-4-10-5-7-11(8-6-10)13-15-9(2)12(14-3)16-13/h5-8,14H,4H2,1-3H3. The van der Waals surface area contributed by atoms with E-state index in [4.69, 9.17) is 0 Å². The predicted octanol–water partition coefficient (Wildman–Crippen LogP) is 3.72. The highest BCUT2D eigenvalue weighted by Gasteiger charge is 2.07. The number of benzene rings is 1. The number of nitrogens with zero attached hydrogens (tertiary/aromatic N) is 1. The summed E-state index contributed by atoms with van der Waals surface area (Å²) < 4.78 is 0. The van der Waals surface area contributed by atoms with Crippen molar-refractivity contribution in [3.63, 3.8) is 0 Å². The smallest absolute Gasteiger partial charge is 0.125 e. The highest BCUT2D eigenvalue weighted by molar-refractivity contribution is 7.19. The van der Waals surface area contributed by atoms with Gasteiger partial charge in [0.15, 0.2) is 0 Å². The molecular formula is C13H16N2S. The fourth-order valence-electron chi connectivity index (χ4n) is 1.63. The van der Waals surface area contributed by atoms with Gasteiger partial charge in [-0.25, -0.2) is 4.98 Å². The van der Waals surface area contributed by atoms with Gasteiger partial charge in [-0.2, -0.15) is 0 Å². The summed E-state index contributed by atoms with van der Waals surface area (Å²) in [6, 6.07) is 8.64. The molecular weight excluding hydrogens is 216 g/mol. The summed E-state index contributed by atoms with van der Waals surface area (Å²) in [5.41, 5.74) is 3.64. The highest BCUT2D eigenvalue weighted by Crippen LogP contribution is 2.31. The summed E-state index contributed by atoms with van der Waals surface area (Å²) in [6.07, 6.45) is 1.08. The Labute approximate surface area is 100 Å². The zero-order valence-corrected chi connectivity index (χ0v) is 10.7. The number of thiazole rings is 1. The normalized spacial score (nSPS) is 10.4. The van der Waals surface area contributed by atoms with Crippen LogP contribution in [0.4, 0.5) is 5.00 Å². The topological polar surface area (TPSA) is 24.9 Å².